The Bertz CT molecular complexity index is 1630. The van der Waals surface area contributed by atoms with Crippen LogP contribution in [-0.4, -0.2) is 86.2 Å². The Morgan fingerprint density at radius 1 is 1.11 bits per heavy atom. The molecular weight excluding hydrogens is 541 g/mol. The molecule has 0 atom stereocenters. The van der Waals surface area contributed by atoms with Gasteiger partial charge in [-0.15, -0.1) is 0 Å². The molecule has 4 aromatic rings. The molecule has 0 aliphatic carbocycles. The van der Waals surface area contributed by atoms with E-state index in [9.17, 15) is 35.2 Å². The molecular formula is C21H20F5N7O4S. The minimum Gasteiger partial charge on any atom is -0.469 e. The highest BCUT2D eigenvalue weighted by Crippen LogP contribution is 2.37. The van der Waals surface area contributed by atoms with Gasteiger partial charge in [-0.05, 0) is 13.0 Å². The van der Waals surface area contributed by atoms with Gasteiger partial charge in [-0.2, -0.15) is 27.1 Å². The van der Waals surface area contributed by atoms with Crippen LogP contribution >= 0.6 is 0 Å². The summed E-state index contributed by atoms with van der Waals surface area (Å²) in [7, 11) is -2.49. The molecule has 0 aliphatic rings. The number of halogens is 5. The number of carbonyl (C=O) groups excluding carboxylic acids is 1. The molecule has 38 heavy (non-hydrogen) atoms. The van der Waals surface area contributed by atoms with Crippen molar-refractivity contribution in [1.29, 1.82) is 0 Å². The second-order valence-electron chi connectivity index (χ2n) is 8.03. The Morgan fingerprint density at radius 2 is 1.82 bits per heavy atom. The number of rotatable bonds is 8. The maximum Gasteiger partial charge on any atom is 0.456 e. The van der Waals surface area contributed by atoms with Gasteiger partial charge in [-0.25, -0.2) is 27.9 Å². The van der Waals surface area contributed by atoms with Crippen molar-refractivity contribution < 1.29 is 39.9 Å². The van der Waals surface area contributed by atoms with E-state index in [-0.39, 0.29) is 34.0 Å². The fourth-order valence-corrected chi connectivity index (χ4v) is 4.39. The molecule has 0 spiro atoms. The lowest BCUT2D eigenvalue weighted by Gasteiger charge is -2.19. The van der Waals surface area contributed by atoms with Crippen LogP contribution in [0, 0.1) is 0 Å². The van der Waals surface area contributed by atoms with Crippen molar-refractivity contribution in [3.8, 4) is 17.3 Å². The Labute approximate surface area is 211 Å². The molecule has 4 rings (SSSR count). The first-order valence-corrected chi connectivity index (χ1v) is 12.6. The van der Waals surface area contributed by atoms with Crippen LogP contribution in [0.2, 0.25) is 0 Å². The fourth-order valence-electron chi connectivity index (χ4n) is 3.42. The summed E-state index contributed by atoms with van der Waals surface area (Å²) in [5.74, 6) is -6.67. The first kappa shape index (κ1) is 27.2. The third kappa shape index (κ3) is 4.50. The molecule has 0 N–H and O–H groups in total. The highest BCUT2D eigenvalue weighted by atomic mass is 32.2. The van der Waals surface area contributed by atoms with E-state index in [4.69, 9.17) is 0 Å². The summed E-state index contributed by atoms with van der Waals surface area (Å²) in [6.45, 7) is 1.44. The quantitative estimate of drug-likeness (QED) is 0.301. The second kappa shape index (κ2) is 9.45. The van der Waals surface area contributed by atoms with Crippen molar-refractivity contribution in [3.05, 3.63) is 36.5 Å². The van der Waals surface area contributed by atoms with E-state index in [1.165, 1.54) is 34.7 Å². The predicted molar refractivity (Wildman–Crippen MR) is 122 cm³/mol. The first-order valence-electron chi connectivity index (χ1n) is 11.0. The first-order chi connectivity index (χ1) is 17.7. The van der Waals surface area contributed by atoms with Crippen molar-refractivity contribution in [1.82, 2.24) is 33.9 Å². The van der Waals surface area contributed by atoms with Crippen LogP contribution in [0.5, 0.6) is 5.88 Å². The minimum absolute atomic E-state index is 0.0130. The number of nitrogens with zero attached hydrogens (tertiary/aromatic N) is 7. The molecule has 4 aromatic heterocycles. The average Bonchev–Trinajstić information content (AvgIpc) is 3.47. The number of hydrogen-bond acceptors (Lipinski definition) is 8. The van der Waals surface area contributed by atoms with E-state index >= 15 is 0 Å². The third-order valence-electron chi connectivity index (χ3n) is 5.65. The number of carbonyl (C=O) groups is 1. The van der Waals surface area contributed by atoms with Gasteiger partial charge in [0.2, 0.25) is 5.88 Å². The predicted octanol–water partition coefficient (Wildman–Crippen LogP) is 2.90. The van der Waals surface area contributed by atoms with E-state index in [0.29, 0.717) is 6.54 Å². The molecule has 0 fully saturated rings. The van der Waals surface area contributed by atoms with Gasteiger partial charge >= 0.3 is 12.1 Å². The molecule has 17 heteroatoms. The minimum atomic E-state index is -5.84. The largest absolute Gasteiger partial charge is 0.469 e. The van der Waals surface area contributed by atoms with Crippen LogP contribution in [-0.2, 0) is 9.84 Å². The van der Waals surface area contributed by atoms with Gasteiger partial charge in [0, 0.05) is 32.2 Å². The van der Waals surface area contributed by atoms with E-state index in [0.717, 1.165) is 16.9 Å². The van der Waals surface area contributed by atoms with Crippen LogP contribution in [0.4, 0.5) is 22.0 Å². The number of alkyl halides is 5. The van der Waals surface area contributed by atoms with Gasteiger partial charge in [0.25, 0.3) is 5.91 Å². The topological polar surface area (TPSA) is 124 Å². The molecule has 0 aromatic carbocycles. The van der Waals surface area contributed by atoms with E-state index in [1.807, 2.05) is 0 Å². The second-order valence-corrected chi connectivity index (χ2v) is 10.2. The van der Waals surface area contributed by atoms with Crippen molar-refractivity contribution in [3.63, 3.8) is 0 Å². The zero-order valence-electron chi connectivity index (χ0n) is 20.1. The monoisotopic (exact) mass is 561 g/mol. The lowest BCUT2D eigenvalue weighted by molar-refractivity contribution is -0.290. The maximum atomic E-state index is 13.4. The van der Waals surface area contributed by atoms with Gasteiger partial charge in [-0.1, -0.05) is 6.92 Å². The molecule has 4 heterocycles. The number of ether oxygens (including phenoxy) is 1. The summed E-state index contributed by atoms with van der Waals surface area (Å²) in [4.78, 5) is 26.3. The molecule has 0 radical (unpaired) electrons. The van der Waals surface area contributed by atoms with Gasteiger partial charge in [-0.3, -0.25) is 9.20 Å². The number of aromatic nitrogens is 6. The zero-order chi connectivity index (χ0) is 28.0. The zero-order valence-corrected chi connectivity index (χ0v) is 20.9. The van der Waals surface area contributed by atoms with Crippen molar-refractivity contribution >= 4 is 26.9 Å². The number of amides is 1. The molecule has 0 unspecified atom stereocenters. The summed E-state index contributed by atoms with van der Waals surface area (Å²) in [6, 6.07) is 1.36. The van der Waals surface area contributed by atoms with Gasteiger partial charge < -0.3 is 9.64 Å². The molecule has 0 bridgehead atoms. The van der Waals surface area contributed by atoms with Crippen molar-refractivity contribution in [2.75, 3.05) is 26.0 Å². The Morgan fingerprint density at radius 3 is 2.45 bits per heavy atom. The standard InChI is InChI=1S/C21H20F5N7O4S/c1-4-31(3)19(34)12-6-7-27-16-14(18(30-33(12)16)38(35,36)5-2)15-29-10-13-17(28-8-9-32(13)15)37-11-20(22,23)21(24,25)26/h6-10H,4-5,11H2,1-3H3. The molecule has 11 nitrogen and oxygen atoms in total. The molecule has 0 aliphatic heterocycles. The molecule has 1 amide bonds. The van der Waals surface area contributed by atoms with Gasteiger partial charge in [0.1, 0.15) is 16.8 Å². The number of fused-ring (bicyclic) bond motifs is 2. The normalized spacial score (nSPS) is 12.8. The third-order valence-corrected chi connectivity index (χ3v) is 7.29. The molecule has 0 saturated carbocycles. The van der Waals surface area contributed by atoms with E-state index < -0.39 is 45.4 Å². The Balaban J connectivity index is 1.92. The fraction of sp³-hybridized carbons (Fsp3) is 0.381. The summed E-state index contributed by atoms with van der Waals surface area (Å²) in [5, 5.41) is 3.71. The lowest BCUT2D eigenvalue weighted by atomic mass is 10.3. The number of hydrogen-bond donors (Lipinski definition) is 0. The maximum absolute atomic E-state index is 13.4. The smallest absolute Gasteiger partial charge is 0.456 e. The summed E-state index contributed by atoms with van der Waals surface area (Å²) < 4.78 is 97.5. The van der Waals surface area contributed by atoms with Crippen LogP contribution in [0.15, 0.2) is 35.9 Å². The summed E-state index contributed by atoms with van der Waals surface area (Å²) in [6.07, 6.45) is -1.16. The van der Waals surface area contributed by atoms with Crippen molar-refractivity contribution in [2.24, 2.45) is 0 Å². The van der Waals surface area contributed by atoms with Crippen LogP contribution in [0.25, 0.3) is 22.6 Å². The summed E-state index contributed by atoms with van der Waals surface area (Å²) in [5.41, 5.74) is -0.280. The summed E-state index contributed by atoms with van der Waals surface area (Å²) >= 11 is 0. The highest BCUT2D eigenvalue weighted by Gasteiger charge is 2.58. The van der Waals surface area contributed by atoms with E-state index in [2.05, 4.69) is 24.8 Å². The number of imidazole rings is 1. The average molecular weight is 561 g/mol. The van der Waals surface area contributed by atoms with Crippen LogP contribution in [0.1, 0.15) is 24.3 Å². The number of sulfone groups is 1. The SMILES string of the molecule is CCN(C)C(=O)c1ccnc2c(-c3ncc4c(OCC(F)(F)C(F)(F)F)nccn34)c(S(=O)(=O)CC)nn12. The molecule has 204 valence electrons. The van der Waals surface area contributed by atoms with Crippen LogP contribution in [0.3, 0.4) is 0 Å². The molecule has 0 saturated heterocycles. The van der Waals surface area contributed by atoms with Crippen molar-refractivity contribution in [2.45, 2.75) is 31.0 Å². The lowest BCUT2D eigenvalue weighted by Crippen LogP contribution is -2.41. The van der Waals surface area contributed by atoms with Crippen LogP contribution < -0.4 is 4.74 Å². The van der Waals surface area contributed by atoms with Gasteiger partial charge in [0.05, 0.1) is 11.9 Å². The Hall–Kier alpha value is -3.89. The Kier molecular flexibility index (Phi) is 6.75. The van der Waals surface area contributed by atoms with E-state index in [1.54, 1.807) is 14.0 Å². The highest BCUT2D eigenvalue weighted by molar-refractivity contribution is 7.91. The van der Waals surface area contributed by atoms with Gasteiger partial charge in [0.15, 0.2) is 32.9 Å².